The summed E-state index contributed by atoms with van der Waals surface area (Å²) in [6.07, 6.45) is 3.07. The van der Waals surface area contributed by atoms with Crippen LogP contribution in [-0.2, 0) is 0 Å². The molecule has 76 valence electrons. The maximum Gasteiger partial charge on any atom is 0.138 e. The smallest absolute Gasteiger partial charge is 0.138 e. The second-order valence-corrected chi connectivity index (χ2v) is 4.22. The molecule has 0 aliphatic rings. The number of rotatable bonds is 2. The second-order valence-electron chi connectivity index (χ2n) is 2.87. The Kier molecular flexibility index (Phi) is 2.79. The molecule has 0 bridgehead atoms. The van der Waals surface area contributed by atoms with Crippen molar-refractivity contribution in [3.8, 4) is 5.69 Å². The molecular weight excluding hydrogens is 276 g/mol. The highest BCUT2D eigenvalue weighted by Crippen LogP contribution is 2.19. The third kappa shape index (κ3) is 2.05. The van der Waals surface area contributed by atoms with Gasteiger partial charge in [-0.2, -0.15) is 5.10 Å². The maximum absolute atomic E-state index is 5.64. The highest BCUT2D eigenvalue weighted by molar-refractivity contribution is 9.10. The van der Waals surface area contributed by atoms with Crippen LogP contribution >= 0.6 is 28.1 Å². The van der Waals surface area contributed by atoms with Gasteiger partial charge in [0.1, 0.15) is 17.6 Å². The topological polar surface area (TPSA) is 56.7 Å². The summed E-state index contributed by atoms with van der Waals surface area (Å²) < 4.78 is 2.55. The van der Waals surface area contributed by atoms with Crippen LogP contribution < -0.4 is 5.73 Å². The summed E-state index contributed by atoms with van der Waals surface area (Å²) in [6, 6.07) is 5.64. The quantitative estimate of drug-likeness (QED) is 0.852. The van der Waals surface area contributed by atoms with Crippen LogP contribution in [0.15, 0.2) is 35.3 Å². The Morgan fingerprint density at radius 2 is 2.27 bits per heavy atom. The number of halogens is 1. The van der Waals surface area contributed by atoms with Crippen molar-refractivity contribution in [2.45, 2.75) is 0 Å². The van der Waals surface area contributed by atoms with E-state index >= 15 is 0 Å². The third-order valence-corrected chi connectivity index (χ3v) is 2.60. The van der Waals surface area contributed by atoms with Gasteiger partial charge in [0.25, 0.3) is 0 Å². The van der Waals surface area contributed by atoms with Crippen molar-refractivity contribution in [3.63, 3.8) is 0 Å². The molecular formula is C9H7BrN4S. The molecule has 2 aromatic rings. The van der Waals surface area contributed by atoms with Crippen LogP contribution in [0.25, 0.3) is 5.69 Å². The number of benzene rings is 1. The van der Waals surface area contributed by atoms with E-state index in [2.05, 4.69) is 26.0 Å². The molecule has 4 nitrogen and oxygen atoms in total. The molecule has 0 fully saturated rings. The fourth-order valence-corrected chi connectivity index (χ4v) is 1.76. The van der Waals surface area contributed by atoms with Crippen molar-refractivity contribution >= 4 is 33.1 Å². The molecule has 1 aromatic carbocycles. The summed E-state index contributed by atoms with van der Waals surface area (Å²) in [4.78, 5) is 4.21. The summed E-state index contributed by atoms with van der Waals surface area (Å²) >= 11 is 8.35. The first-order chi connectivity index (χ1) is 7.18. The standard InChI is InChI=1S/C9H7BrN4S/c10-6-1-2-8(7(3-6)9(11)15)14-5-12-4-13-14/h1-5H,(H2,11,15). The Morgan fingerprint density at radius 3 is 2.87 bits per heavy atom. The first kappa shape index (κ1) is 10.3. The SMILES string of the molecule is NC(=S)c1cc(Br)ccc1-n1cncn1. The molecule has 0 spiro atoms. The average Bonchev–Trinajstić information content (AvgIpc) is 2.70. The Hall–Kier alpha value is -1.27. The number of nitrogens with zero attached hydrogens (tertiary/aromatic N) is 3. The lowest BCUT2D eigenvalue weighted by atomic mass is 10.2. The van der Waals surface area contributed by atoms with Gasteiger partial charge in [0.15, 0.2) is 0 Å². The molecule has 0 saturated heterocycles. The summed E-state index contributed by atoms with van der Waals surface area (Å²) in [5.74, 6) is 0. The van der Waals surface area contributed by atoms with Gasteiger partial charge in [-0.1, -0.05) is 28.1 Å². The largest absolute Gasteiger partial charge is 0.389 e. The molecule has 2 rings (SSSR count). The summed E-state index contributed by atoms with van der Waals surface area (Å²) in [7, 11) is 0. The second kappa shape index (κ2) is 4.08. The zero-order chi connectivity index (χ0) is 10.8. The zero-order valence-electron chi connectivity index (χ0n) is 7.59. The van der Waals surface area contributed by atoms with Crippen LogP contribution in [0, 0.1) is 0 Å². The Bertz CT molecular complexity index is 495. The van der Waals surface area contributed by atoms with Gasteiger partial charge in [-0.25, -0.2) is 9.67 Å². The van der Waals surface area contributed by atoms with Gasteiger partial charge in [-0.3, -0.25) is 0 Å². The van der Waals surface area contributed by atoms with Crippen molar-refractivity contribution in [1.82, 2.24) is 14.8 Å². The molecule has 0 saturated carbocycles. The lowest BCUT2D eigenvalue weighted by Gasteiger charge is -2.07. The van der Waals surface area contributed by atoms with Gasteiger partial charge in [0.2, 0.25) is 0 Å². The normalized spacial score (nSPS) is 10.2. The van der Waals surface area contributed by atoms with Crippen molar-refractivity contribution in [1.29, 1.82) is 0 Å². The molecule has 1 heterocycles. The van der Waals surface area contributed by atoms with Crippen molar-refractivity contribution in [3.05, 3.63) is 40.9 Å². The molecule has 6 heteroatoms. The van der Waals surface area contributed by atoms with Crippen LogP contribution in [0.5, 0.6) is 0 Å². The summed E-state index contributed by atoms with van der Waals surface area (Å²) in [5.41, 5.74) is 7.23. The van der Waals surface area contributed by atoms with Gasteiger partial charge in [-0.15, -0.1) is 0 Å². The van der Waals surface area contributed by atoms with E-state index in [4.69, 9.17) is 18.0 Å². The molecule has 1 aromatic heterocycles. The fraction of sp³-hybridized carbons (Fsp3) is 0. The first-order valence-corrected chi connectivity index (χ1v) is 5.33. The van der Waals surface area contributed by atoms with Crippen molar-refractivity contribution in [2.75, 3.05) is 0 Å². The number of nitrogens with two attached hydrogens (primary N) is 1. The molecule has 0 unspecified atom stereocenters. The van der Waals surface area contributed by atoms with Crippen LogP contribution in [0.1, 0.15) is 5.56 Å². The highest BCUT2D eigenvalue weighted by Gasteiger charge is 2.08. The molecule has 15 heavy (non-hydrogen) atoms. The van der Waals surface area contributed by atoms with Crippen LogP contribution in [-0.4, -0.2) is 19.8 Å². The van der Waals surface area contributed by atoms with Crippen LogP contribution in [0.3, 0.4) is 0 Å². The summed E-state index contributed by atoms with van der Waals surface area (Å²) in [6.45, 7) is 0. The van der Waals surface area contributed by atoms with E-state index in [1.165, 1.54) is 6.33 Å². The maximum atomic E-state index is 5.64. The van der Waals surface area contributed by atoms with Crippen LogP contribution in [0.4, 0.5) is 0 Å². The molecule has 0 aliphatic carbocycles. The molecule has 0 amide bonds. The summed E-state index contributed by atoms with van der Waals surface area (Å²) in [5, 5.41) is 4.03. The van der Waals surface area contributed by atoms with Crippen molar-refractivity contribution < 1.29 is 0 Å². The molecule has 0 radical (unpaired) electrons. The lowest BCUT2D eigenvalue weighted by Crippen LogP contribution is -2.13. The van der Waals surface area contributed by atoms with Crippen molar-refractivity contribution in [2.24, 2.45) is 5.73 Å². The van der Waals surface area contributed by atoms with E-state index < -0.39 is 0 Å². The van der Waals surface area contributed by atoms with Crippen LogP contribution in [0.2, 0.25) is 0 Å². The van der Waals surface area contributed by atoms with Gasteiger partial charge >= 0.3 is 0 Å². The lowest BCUT2D eigenvalue weighted by molar-refractivity contribution is 0.877. The minimum absolute atomic E-state index is 0.335. The van der Waals surface area contributed by atoms with E-state index in [0.29, 0.717) is 4.99 Å². The number of hydrogen-bond donors (Lipinski definition) is 1. The predicted molar refractivity (Wildman–Crippen MR) is 64.9 cm³/mol. The van der Waals surface area contributed by atoms with E-state index in [0.717, 1.165) is 15.7 Å². The van der Waals surface area contributed by atoms with E-state index in [1.54, 1.807) is 11.0 Å². The van der Waals surface area contributed by atoms with Gasteiger partial charge in [0, 0.05) is 10.0 Å². The van der Waals surface area contributed by atoms with E-state index in [9.17, 15) is 0 Å². The van der Waals surface area contributed by atoms with E-state index in [1.807, 2.05) is 18.2 Å². The number of thiocarbonyl (C=S) groups is 1. The molecule has 0 aliphatic heterocycles. The number of aromatic nitrogens is 3. The minimum atomic E-state index is 0.335. The minimum Gasteiger partial charge on any atom is -0.389 e. The van der Waals surface area contributed by atoms with Gasteiger partial charge in [0.05, 0.1) is 5.69 Å². The number of hydrogen-bond acceptors (Lipinski definition) is 3. The first-order valence-electron chi connectivity index (χ1n) is 4.13. The van der Waals surface area contributed by atoms with Gasteiger partial charge in [-0.05, 0) is 18.2 Å². The molecule has 2 N–H and O–H groups in total. The zero-order valence-corrected chi connectivity index (χ0v) is 9.99. The third-order valence-electron chi connectivity index (χ3n) is 1.89. The average molecular weight is 283 g/mol. The molecule has 0 atom stereocenters. The Labute approximate surface area is 100 Å². The monoisotopic (exact) mass is 282 g/mol. The predicted octanol–water partition coefficient (Wildman–Crippen LogP) is 1.66. The Morgan fingerprint density at radius 1 is 1.47 bits per heavy atom. The Balaban J connectivity index is 2.61. The highest BCUT2D eigenvalue weighted by atomic mass is 79.9. The van der Waals surface area contributed by atoms with Gasteiger partial charge < -0.3 is 5.73 Å². The fourth-order valence-electron chi connectivity index (χ4n) is 1.24. The van der Waals surface area contributed by atoms with E-state index in [-0.39, 0.29) is 0 Å².